The number of hydrogen-bond donors (Lipinski definition) is 1. The van der Waals surface area contributed by atoms with E-state index in [1.165, 1.54) is 12.8 Å². The van der Waals surface area contributed by atoms with Gasteiger partial charge in [0.15, 0.2) is 0 Å². The second kappa shape index (κ2) is 5.81. The molecule has 0 aromatic heterocycles. The first-order valence-electron chi connectivity index (χ1n) is 6.85. The van der Waals surface area contributed by atoms with Gasteiger partial charge in [-0.3, -0.25) is 4.90 Å². The fourth-order valence-corrected chi connectivity index (χ4v) is 2.85. The van der Waals surface area contributed by atoms with Crippen molar-refractivity contribution in [3.8, 4) is 0 Å². The topological polar surface area (TPSA) is 29.3 Å². The predicted molar refractivity (Wildman–Crippen MR) is 72.9 cm³/mol. The summed E-state index contributed by atoms with van der Waals surface area (Å²) in [4.78, 5) is 2.45. The summed E-state index contributed by atoms with van der Waals surface area (Å²) in [6, 6.07) is 5.60. The Morgan fingerprint density at radius 3 is 2.83 bits per heavy atom. The van der Waals surface area contributed by atoms with Crippen LogP contribution in [0.25, 0.3) is 0 Å². The number of hydrogen-bond acceptors (Lipinski definition) is 2. The zero-order chi connectivity index (χ0) is 13.1. The van der Waals surface area contributed by atoms with E-state index in [0.717, 1.165) is 24.6 Å². The average molecular weight is 250 g/mol. The van der Waals surface area contributed by atoms with Gasteiger partial charge < -0.3 is 5.73 Å². The van der Waals surface area contributed by atoms with Crippen molar-refractivity contribution in [3.05, 3.63) is 35.1 Å². The third-order valence-corrected chi connectivity index (χ3v) is 4.13. The third-order valence-electron chi connectivity index (χ3n) is 4.13. The molecule has 2 rings (SSSR count). The van der Waals surface area contributed by atoms with Gasteiger partial charge in [0.25, 0.3) is 0 Å². The Bertz CT molecular complexity index is 405. The molecule has 1 heterocycles. The molecule has 2 unspecified atom stereocenters. The lowest BCUT2D eigenvalue weighted by Gasteiger charge is -2.27. The number of likely N-dealkylation sites (tertiary alicyclic amines) is 1. The molecule has 1 aromatic rings. The number of nitrogens with two attached hydrogens (primary N) is 1. The van der Waals surface area contributed by atoms with Gasteiger partial charge in [0, 0.05) is 19.1 Å². The fraction of sp³-hybridized carbons (Fsp3) is 0.600. The maximum Gasteiger partial charge on any atom is 0.126 e. The summed E-state index contributed by atoms with van der Waals surface area (Å²) in [6.45, 7) is 6.88. The first-order chi connectivity index (χ1) is 8.65. The van der Waals surface area contributed by atoms with Crippen molar-refractivity contribution in [3.63, 3.8) is 0 Å². The van der Waals surface area contributed by atoms with Crippen LogP contribution < -0.4 is 5.73 Å². The van der Waals surface area contributed by atoms with Gasteiger partial charge in [0.05, 0.1) is 0 Å². The molecule has 0 bridgehead atoms. The number of nitrogens with zero attached hydrogens (tertiary/aromatic N) is 1. The molecule has 0 radical (unpaired) electrons. The van der Waals surface area contributed by atoms with E-state index >= 15 is 0 Å². The van der Waals surface area contributed by atoms with E-state index in [4.69, 9.17) is 5.73 Å². The van der Waals surface area contributed by atoms with Crippen molar-refractivity contribution in [1.82, 2.24) is 4.90 Å². The maximum atomic E-state index is 13.3. The van der Waals surface area contributed by atoms with Gasteiger partial charge in [0.1, 0.15) is 5.82 Å². The minimum absolute atomic E-state index is 0.137. The van der Waals surface area contributed by atoms with Gasteiger partial charge in [-0.1, -0.05) is 25.5 Å². The summed E-state index contributed by atoms with van der Waals surface area (Å²) in [6.07, 6.45) is 2.49. The molecule has 0 aliphatic carbocycles. The molecule has 0 amide bonds. The highest BCUT2D eigenvalue weighted by Gasteiger charge is 2.27. The second-order valence-electron chi connectivity index (χ2n) is 5.32. The maximum absolute atomic E-state index is 13.3. The van der Waals surface area contributed by atoms with Gasteiger partial charge in [-0.05, 0) is 43.0 Å². The molecule has 2 atom stereocenters. The zero-order valence-corrected chi connectivity index (χ0v) is 11.3. The van der Waals surface area contributed by atoms with Crippen LogP contribution in [0.5, 0.6) is 0 Å². The Morgan fingerprint density at radius 1 is 1.50 bits per heavy atom. The van der Waals surface area contributed by atoms with Crippen LogP contribution in [0.4, 0.5) is 4.39 Å². The highest BCUT2D eigenvalue weighted by molar-refractivity contribution is 5.27. The number of rotatable bonds is 4. The third kappa shape index (κ3) is 2.73. The first-order valence-corrected chi connectivity index (χ1v) is 6.85. The quantitative estimate of drug-likeness (QED) is 0.890. The van der Waals surface area contributed by atoms with Gasteiger partial charge in [0.2, 0.25) is 0 Å². The molecule has 1 aromatic carbocycles. The molecule has 2 nitrogen and oxygen atoms in total. The molecule has 0 saturated carbocycles. The van der Waals surface area contributed by atoms with Gasteiger partial charge in [-0.15, -0.1) is 0 Å². The predicted octanol–water partition coefficient (Wildman–Crippen LogP) is 2.87. The van der Waals surface area contributed by atoms with Crippen molar-refractivity contribution in [2.24, 2.45) is 11.7 Å². The van der Waals surface area contributed by atoms with E-state index in [0.29, 0.717) is 12.1 Å². The molecule has 18 heavy (non-hydrogen) atoms. The normalized spacial score (nSPS) is 22.3. The number of aryl methyl sites for hydroxylation is 1. The van der Waals surface area contributed by atoms with Gasteiger partial charge in [-0.2, -0.15) is 0 Å². The lowest BCUT2D eigenvalue weighted by Crippen LogP contribution is -2.32. The van der Waals surface area contributed by atoms with Crippen molar-refractivity contribution in [2.75, 3.05) is 19.6 Å². The van der Waals surface area contributed by atoms with E-state index in [-0.39, 0.29) is 11.9 Å². The smallest absolute Gasteiger partial charge is 0.126 e. The van der Waals surface area contributed by atoms with Crippen LogP contribution in [0.2, 0.25) is 0 Å². The van der Waals surface area contributed by atoms with Crippen LogP contribution in [0.3, 0.4) is 0 Å². The van der Waals surface area contributed by atoms with Crippen LogP contribution in [-0.2, 0) is 0 Å². The molecule has 1 aliphatic rings. The number of benzene rings is 1. The first kappa shape index (κ1) is 13.5. The SMILES string of the molecule is CCC1CCN(C(CN)c2ccc(F)c(C)c2)C1. The van der Waals surface area contributed by atoms with Crippen molar-refractivity contribution in [2.45, 2.75) is 32.7 Å². The Morgan fingerprint density at radius 2 is 2.28 bits per heavy atom. The number of halogens is 1. The molecule has 2 N–H and O–H groups in total. The van der Waals surface area contributed by atoms with Crippen molar-refractivity contribution in [1.29, 1.82) is 0 Å². The minimum atomic E-state index is -0.137. The van der Waals surface area contributed by atoms with E-state index in [2.05, 4.69) is 11.8 Å². The van der Waals surface area contributed by atoms with E-state index in [1.54, 1.807) is 6.07 Å². The van der Waals surface area contributed by atoms with Crippen molar-refractivity contribution < 1.29 is 4.39 Å². The second-order valence-corrected chi connectivity index (χ2v) is 5.32. The largest absolute Gasteiger partial charge is 0.329 e. The standard InChI is InChI=1S/C15H23FN2/c1-3-12-6-7-18(10-12)15(9-17)13-4-5-14(16)11(2)8-13/h4-5,8,12,15H,3,6-7,9-10,17H2,1-2H3. The summed E-state index contributed by atoms with van der Waals surface area (Å²) < 4.78 is 13.3. The van der Waals surface area contributed by atoms with E-state index < -0.39 is 0 Å². The van der Waals surface area contributed by atoms with Crippen molar-refractivity contribution >= 4 is 0 Å². The Kier molecular flexibility index (Phi) is 4.36. The van der Waals surface area contributed by atoms with E-state index in [9.17, 15) is 4.39 Å². The fourth-order valence-electron chi connectivity index (χ4n) is 2.85. The lowest BCUT2D eigenvalue weighted by molar-refractivity contribution is 0.240. The Balaban J connectivity index is 2.15. The minimum Gasteiger partial charge on any atom is -0.329 e. The van der Waals surface area contributed by atoms with Crippen LogP contribution >= 0.6 is 0 Å². The summed E-state index contributed by atoms with van der Waals surface area (Å²) >= 11 is 0. The average Bonchev–Trinajstić information content (AvgIpc) is 2.83. The molecule has 1 saturated heterocycles. The van der Waals surface area contributed by atoms with Gasteiger partial charge >= 0.3 is 0 Å². The summed E-state index contributed by atoms with van der Waals surface area (Å²) in [5.41, 5.74) is 7.78. The Labute approximate surface area is 109 Å². The molecule has 1 fully saturated rings. The molecule has 0 spiro atoms. The lowest BCUT2D eigenvalue weighted by atomic mass is 10.0. The molecule has 3 heteroatoms. The zero-order valence-electron chi connectivity index (χ0n) is 11.3. The summed E-state index contributed by atoms with van der Waals surface area (Å²) in [7, 11) is 0. The molecular formula is C15H23FN2. The van der Waals surface area contributed by atoms with Crippen LogP contribution in [0.1, 0.15) is 36.9 Å². The van der Waals surface area contributed by atoms with Crippen LogP contribution in [0, 0.1) is 18.7 Å². The molecule has 1 aliphatic heterocycles. The van der Waals surface area contributed by atoms with Gasteiger partial charge in [-0.25, -0.2) is 4.39 Å². The Hall–Kier alpha value is -0.930. The van der Waals surface area contributed by atoms with Crippen LogP contribution in [-0.4, -0.2) is 24.5 Å². The molecular weight excluding hydrogens is 227 g/mol. The van der Waals surface area contributed by atoms with Crippen LogP contribution in [0.15, 0.2) is 18.2 Å². The summed E-state index contributed by atoms with van der Waals surface area (Å²) in [5.74, 6) is 0.656. The summed E-state index contributed by atoms with van der Waals surface area (Å²) in [5, 5.41) is 0. The van der Waals surface area contributed by atoms with E-state index in [1.807, 2.05) is 19.1 Å². The highest BCUT2D eigenvalue weighted by atomic mass is 19.1. The highest BCUT2D eigenvalue weighted by Crippen LogP contribution is 2.29. The molecule has 100 valence electrons. The monoisotopic (exact) mass is 250 g/mol.